The summed E-state index contributed by atoms with van der Waals surface area (Å²) in [5.41, 5.74) is 3.93. The van der Waals surface area contributed by atoms with Crippen molar-refractivity contribution in [3.8, 4) is 34.0 Å². The second-order valence-electron chi connectivity index (χ2n) is 7.65. The first-order chi connectivity index (χ1) is 16.8. The van der Waals surface area contributed by atoms with Crippen LogP contribution < -0.4 is 14.8 Å². The zero-order chi connectivity index (χ0) is 23.2. The summed E-state index contributed by atoms with van der Waals surface area (Å²) < 4.78 is 11.5. The van der Waals surface area contributed by atoms with Crippen LogP contribution in [0.3, 0.4) is 0 Å². The number of pyridine rings is 1. The van der Waals surface area contributed by atoms with Gasteiger partial charge in [0.2, 0.25) is 0 Å². The van der Waals surface area contributed by atoms with Crippen LogP contribution in [-0.4, -0.2) is 35.2 Å². The van der Waals surface area contributed by atoms with Crippen molar-refractivity contribution in [3.05, 3.63) is 97.3 Å². The third-order valence-corrected chi connectivity index (χ3v) is 5.40. The Morgan fingerprint density at radius 1 is 0.706 bits per heavy atom. The summed E-state index contributed by atoms with van der Waals surface area (Å²) in [7, 11) is 1.87. The second kappa shape index (κ2) is 10.0. The van der Waals surface area contributed by atoms with Gasteiger partial charge in [-0.2, -0.15) is 0 Å². The van der Waals surface area contributed by atoms with Gasteiger partial charge in [-0.15, -0.1) is 0 Å². The van der Waals surface area contributed by atoms with Crippen molar-refractivity contribution >= 4 is 16.7 Å². The lowest BCUT2D eigenvalue weighted by Crippen LogP contribution is -2.08. The fraction of sp³-hybridized carbons (Fsp3) is 0.107. The maximum atomic E-state index is 5.82. The molecule has 0 fully saturated rings. The Balaban J connectivity index is 1.30. The molecular formula is C28H24N4O2. The Labute approximate surface area is 198 Å². The minimum atomic E-state index is 0.479. The van der Waals surface area contributed by atoms with Crippen molar-refractivity contribution < 1.29 is 9.47 Å². The van der Waals surface area contributed by atoms with Gasteiger partial charge in [0.15, 0.2) is 5.82 Å². The number of rotatable bonds is 8. The normalized spacial score (nSPS) is 10.7. The summed E-state index contributed by atoms with van der Waals surface area (Å²) in [6.45, 7) is 0.969. The summed E-state index contributed by atoms with van der Waals surface area (Å²) in [4.78, 5) is 13.6. The van der Waals surface area contributed by atoms with E-state index >= 15 is 0 Å². The first kappa shape index (κ1) is 21.4. The topological polar surface area (TPSA) is 69.2 Å². The van der Waals surface area contributed by atoms with Crippen LogP contribution in [0.25, 0.3) is 33.4 Å². The molecule has 0 spiro atoms. The molecule has 2 heterocycles. The lowest BCUT2D eigenvalue weighted by Gasteiger charge is -2.11. The van der Waals surface area contributed by atoms with E-state index in [0.29, 0.717) is 19.0 Å². The van der Waals surface area contributed by atoms with Crippen LogP contribution in [0.5, 0.6) is 11.5 Å². The third kappa shape index (κ3) is 4.81. The van der Waals surface area contributed by atoms with E-state index in [9.17, 15) is 0 Å². The van der Waals surface area contributed by atoms with Crippen molar-refractivity contribution in [2.75, 3.05) is 25.6 Å². The predicted molar refractivity (Wildman–Crippen MR) is 135 cm³/mol. The van der Waals surface area contributed by atoms with E-state index in [1.807, 2.05) is 67.7 Å². The number of aromatic nitrogens is 3. The highest BCUT2D eigenvalue weighted by Gasteiger charge is 2.10. The molecule has 0 saturated carbocycles. The van der Waals surface area contributed by atoms with Crippen LogP contribution >= 0.6 is 0 Å². The Kier molecular flexibility index (Phi) is 6.29. The largest absolute Gasteiger partial charge is 0.490 e. The fourth-order valence-electron chi connectivity index (χ4n) is 3.70. The molecule has 0 aliphatic rings. The number of nitrogens with zero attached hydrogens (tertiary/aromatic N) is 3. The summed E-state index contributed by atoms with van der Waals surface area (Å²) >= 11 is 0. The molecule has 34 heavy (non-hydrogen) atoms. The quantitative estimate of drug-likeness (QED) is 0.300. The smallest absolute Gasteiger partial charge is 0.163 e. The van der Waals surface area contributed by atoms with E-state index in [1.54, 1.807) is 12.4 Å². The fourth-order valence-corrected chi connectivity index (χ4v) is 3.70. The monoisotopic (exact) mass is 448 g/mol. The maximum absolute atomic E-state index is 5.82. The molecule has 168 valence electrons. The summed E-state index contributed by atoms with van der Waals surface area (Å²) in [6, 6.07) is 27.8. The van der Waals surface area contributed by atoms with Crippen LogP contribution in [0, 0.1) is 0 Å². The molecule has 6 heteroatoms. The molecule has 0 aliphatic carbocycles. The number of hydrogen-bond acceptors (Lipinski definition) is 6. The van der Waals surface area contributed by atoms with Crippen LogP contribution in [-0.2, 0) is 0 Å². The maximum Gasteiger partial charge on any atom is 0.163 e. The molecule has 0 radical (unpaired) electrons. The third-order valence-electron chi connectivity index (χ3n) is 5.40. The van der Waals surface area contributed by atoms with E-state index in [0.717, 1.165) is 44.9 Å². The van der Waals surface area contributed by atoms with Gasteiger partial charge in [0.1, 0.15) is 30.5 Å². The molecule has 1 N–H and O–H groups in total. The van der Waals surface area contributed by atoms with Crippen molar-refractivity contribution in [2.45, 2.75) is 0 Å². The van der Waals surface area contributed by atoms with Gasteiger partial charge in [-0.3, -0.25) is 4.98 Å². The average molecular weight is 449 g/mol. The summed E-state index contributed by atoms with van der Waals surface area (Å²) in [5.74, 6) is 3.08. The molecule has 0 aliphatic heterocycles. The number of anilines is 1. The summed E-state index contributed by atoms with van der Waals surface area (Å²) in [6.07, 6.45) is 3.51. The van der Waals surface area contributed by atoms with Crippen molar-refractivity contribution in [2.24, 2.45) is 0 Å². The molecular weight excluding hydrogens is 424 g/mol. The van der Waals surface area contributed by atoms with Gasteiger partial charge >= 0.3 is 0 Å². The number of benzene rings is 3. The van der Waals surface area contributed by atoms with Gasteiger partial charge < -0.3 is 14.8 Å². The number of fused-ring (bicyclic) bond motifs is 1. The first-order valence-electron chi connectivity index (χ1n) is 11.1. The molecule has 0 atom stereocenters. The van der Waals surface area contributed by atoms with Crippen LogP contribution in [0.2, 0.25) is 0 Å². The second-order valence-corrected chi connectivity index (χ2v) is 7.65. The molecule has 0 amide bonds. The first-order valence-corrected chi connectivity index (χ1v) is 11.1. The number of hydrogen-bond donors (Lipinski definition) is 1. The lowest BCUT2D eigenvalue weighted by atomic mass is 10.0. The highest BCUT2D eigenvalue weighted by Crippen LogP contribution is 2.30. The molecule has 6 nitrogen and oxygen atoms in total. The molecule has 0 saturated heterocycles. The Morgan fingerprint density at radius 2 is 1.44 bits per heavy atom. The molecule has 3 aromatic carbocycles. The average Bonchev–Trinajstić information content (AvgIpc) is 2.91. The van der Waals surface area contributed by atoms with Gasteiger partial charge in [0.25, 0.3) is 0 Å². The predicted octanol–water partition coefficient (Wildman–Crippen LogP) is 5.86. The van der Waals surface area contributed by atoms with Crippen LogP contribution in [0.15, 0.2) is 97.3 Å². The molecule has 0 unspecified atom stereocenters. The molecule has 5 rings (SSSR count). The highest BCUT2D eigenvalue weighted by molar-refractivity contribution is 5.93. The highest BCUT2D eigenvalue weighted by atomic mass is 16.5. The minimum Gasteiger partial charge on any atom is -0.490 e. The zero-order valence-corrected chi connectivity index (χ0v) is 18.8. The molecule has 2 aromatic heterocycles. The Hall–Kier alpha value is -4.45. The molecule has 0 bridgehead atoms. The van der Waals surface area contributed by atoms with Gasteiger partial charge in [-0.25, -0.2) is 9.97 Å². The number of ether oxygens (including phenoxy) is 2. The lowest BCUT2D eigenvalue weighted by molar-refractivity contribution is 0.217. The Bertz CT molecular complexity index is 1370. The SMILES string of the molecule is CNc1nc(-c2cccnc2)nc2ccc(-c3ccc(OCCOc4ccccc4)cc3)cc12. The number of para-hydroxylation sites is 1. The standard InChI is InChI=1S/C28H24N4O2/c1-29-28-25-18-21(11-14-26(25)31-27(32-28)22-6-5-15-30-19-22)20-9-12-24(13-10-20)34-17-16-33-23-7-3-2-4-8-23/h2-15,18-19H,16-17H2,1H3,(H,29,31,32). The van der Waals surface area contributed by atoms with Crippen molar-refractivity contribution in [1.82, 2.24) is 15.0 Å². The van der Waals surface area contributed by atoms with Gasteiger partial charge in [0.05, 0.1) is 5.52 Å². The van der Waals surface area contributed by atoms with Crippen molar-refractivity contribution in [3.63, 3.8) is 0 Å². The van der Waals surface area contributed by atoms with Gasteiger partial charge in [-0.1, -0.05) is 36.4 Å². The Morgan fingerprint density at radius 3 is 2.15 bits per heavy atom. The molecule has 5 aromatic rings. The van der Waals surface area contributed by atoms with Gasteiger partial charge in [-0.05, 0) is 59.7 Å². The minimum absolute atomic E-state index is 0.479. The van der Waals surface area contributed by atoms with E-state index in [2.05, 4.69) is 34.6 Å². The van der Waals surface area contributed by atoms with Crippen LogP contribution in [0.1, 0.15) is 0 Å². The number of nitrogens with one attached hydrogen (secondary N) is 1. The van der Waals surface area contributed by atoms with Crippen LogP contribution in [0.4, 0.5) is 5.82 Å². The van der Waals surface area contributed by atoms with E-state index < -0.39 is 0 Å². The van der Waals surface area contributed by atoms with E-state index in [1.165, 1.54) is 0 Å². The van der Waals surface area contributed by atoms with Crippen molar-refractivity contribution in [1.29, 1.82) is 0 Å². The van der Waals surface area contributed by atoms with Gasteiger partial charge in [0, 0.05) is 30.4 Å². The summed E-state index contributed by atoms with van der Waals surface area (Å²) in [5, 5.41) is 4.17. The van der Waals surface area contributed by atoms with E-state index in [4.69, 9.17) is 19.4 Å². The zero-order valence-electron chi connectivity index (χ0n) is 18.8. The van der Waals surface area contributed by atoms with E-state index in [-0.39, 0.29) is 0 Å².